The summed E-state index contributed by atoms with van der Waals surface area (Å²) in [7, 11) is 0. The van der Waals surface area contributed by atoms with E-state index in [4.69, 9.17) is 0 Å². The Morgan fingerprint density at radius 2 is 2.07 bits per heavy atom. The molecule has 0 aliphatic carbocycles. The molecule has 0 fully saturated rings. The van der Waals surface area contributed by atoms with Gasteiger partial charge in [-0.2, -0.15) is 0 Å². The van der Waals surface area contributed by atoms with Crippen LogP contribution < -0.4 is 5.32 Å². The smallest absolute Gasteiger partial charge is 0.236 e. The topological polar surface area (TPSA) is 85.6 Å². The number of thioether (sulfide) groups is 1. The van der Waals surface area contributed by atoms with E-state index in [1.807, 2.05) is 23.6 Å². The van der Waals surface area contributed by atoms with Crippen LogP contribution in [0.2, 0.25) is 0 Å². The van der Waals surface area contributed by atoms with Crippen molar-refractivity contribution in [3.05, 3.63) is 34.8 Å². The number of anilines is 1. The van der Waals surface area contributed by atoms with E-state index in [1.165, 1.54) is 28.7 Å². The molecule has 0 saturated heterocycles. The lowest BCUT2D eigenvalue weighted by Crippen LogP contribution is -2.14. The van der Waals surface area contributed by atoms with Gasteiger partial charge in [-0.3, -0.25) is 10.1 Å². The van der Waals surface area contributed by atoms with Crippen molar-refractivity contribution in [2.45, 2.75) is 45.8 Å². The van der Waals surface area contributed by atoms with Crippen LogP contribution in [-0.2, 0) is 17.8 Å². The maximum atomic E-state index is 12.3. The number of carbonyl (C=O) groups excluding carboxylic acids is 1. The van der Waals surface area contributed by atoms with Crippen molar-refractivity contribution < 1.29 is 4.79 Å². The lowest BCUT2D eigenvalue weighted by Gasteiger charge is -2.07. The van der Waals surface area contributed by atoms with Crippen LogP contribution in [0.4, 0.5) is 5.13 Å². The van der Waals surface area contributed by atoms with Gasteiger partial charge in [0, 0.05) is 18.5 Å². The first-order valence-corrected chi connectivity index (χ1v) is 11.0. The van der Waals surface area contributed by atoms with Crippen LogP contribution in [0.25, 0.3) is 11.4 Å². The quantitative estimate of drug-likeness (QED) is 0.558. The van der Waals surface area contributed by atoms with Gasteiger partial charge in [-0.1, -0.05) is 60.7 Å². The van der Waals surface area contributed by atoms with Gasteiger partial charge < -0.3 is 4.57 Å². The minimum absolute atomic E-state index is 0.125. The first-order chi connectivity index (χ1) is 13.5. The Balaban J connectivity index is 1.63. The van der Waals surface area contributed by atoms with Crippen LogP contribution in [0.15, 0.2) is 29.4 Å². The standard InChI is InChI=1S/C19H24N6OS2/c1-5-25-17(14-8-6-7-13(4)10-14)22-24-19(25)27-11-15(26)20-18-23-21-16(28-18)9-12(2)3/h6-8,10,12H,5,9,11H2,1-4H3,(H,20,23,26). The van der Waals surface area contributed by atoms with Gasteiger partial charge >= 0.3 is 0 Å². The molecule has 28 heavy (non-hydrogen) atoms. The largest absolute Gasteiger partial charge is 0.302 e. The molecule has 0 radical (unpaired) electrons. The summed E-state index contributed by atoms with van der Waals surface area (Å²) in [6, 6.07) is 8.17. The van der Waals surface area contributed by atoms with E-state index in [-0.39, 0.29) is 11.7 Å². The number of benzene rings is 1. The molecule has 7 nitrogen and oxygen atoms in total. The maximum absolute atomic E-state index is 12.3. The second-order valence-electron chi connectivity index (χ2n) is 6.86. The molecule has 9 heteroatoms. The van der Waals surface area contributed by atoms with Crippen molar-refractivity contribution in [3.63, 3.8) is 0 Å². The van der Waals surface area contributed by atoms with Crippen LogP contribution in [0, 0.1) is 12.8 Å². The Kier molecular flexibility index (Phi) is 6.79. The molecule has 0 aliphatic heterocycles. The summed E-state index contributed by atoms with van der Waals surface area (Å²) in [5.41, 5.74) is 2.20. The fourth-order valence-corrected chi connectivity index (χ4v) is 4.47. The molecule has 0 bridgehead atoms. The van der Waals surface area contributed by atoms with Gasteiger partial charge in [0.1, 0.15) is 5.01 Å². The normalized spacial score (nSPS) is 11.2. The highest BCUT2D eigenvalue weighted by Crippen LogP contribution is 2.25. The molecule has 0 aliphatic rings. The molecule has 0 unspecified atom stereocenters. The Bertz CT molecular complexity index is 950. The van der Waals surface area contributed by atoms with Gasteiger partial charge in [-0.25, -0.2) is 0 Å². The zero-order valence-corrected chi connectivity index (χ0v) is 18.1. The Morgan fingerprint density at radius 1 is 1.25 bits per heavy atom. The predicted octanol–water partition coefficient (Wildman–Crippen LogP) is 4.05. The summed E-state index contributed by atoms with van der Waals surface area (Å²) >= 11 is 2.79. The first-order valence-electron chi connectivity index (χ1n) is 9.21. The number of aromatic nitrogens is 5. The fraction of sp³-hybridized carbons (Fsp3) is 0.421. The van der Waals surface area contributed by atoms with Gasteiger partial charge in [0.05, 0.1) is 5.75 Å². The number of aryl methyl sites for hydroxylation is 1. The molecule has 3 aromatic rings. The molecule has 3 rings (SSSR count). The predicted molar refractivity (Wildman–Crippen MR) is 114 cm³/mol. The molecule has 1 N–H and O–H groups in total. The summed E-state index contributed by atoms with van der Waals surface area (Å²) < 4.78 is 2.03. The third kappa shape index (κ3) is 5.17. The van der Waals surface area contributed by atoms with Gasteiger partial charge in [0.15, 0.2) is 11.0 Å². The molecule has 0 saturated carbocycles. The number of nitrogens with one attached hydrogen (secondary N) is 1. The van der Waals surface area contributed by atoms with E-state index in [0.717, 1.165) is 34.5 Å². The molecule has 0 atom stereocenters. The summed E-state index contributed by atoms with van der Waals surface area (Å²) in [5, 5.41) is 21.8. The second-order valence-corrected chi connectivity index (χ2v) is 8.86. The molecular weight excluding hydrogens is 392 g/mol. The third-order valence-corrected chi connectivity index (χ3v) is 5.77. The van der Waals surface area contributed by atoms with E-state index in [0.29, 0.717) is 11.0 Å². The summed E-state index contributed by atoms with van der Waals surface area (Å²) in [5.74, 6) is 1.44. The number of amides is 1. The van der Waals surface area contributed by atoms with Crippen LogP contribution in [0.5, 0.6) is 0 Å². The number of nitrogens with zero attached hydrogens (tertiary/aromatic N) is 5. The van der Waals surface area contributed by atoms with E-state index in [9.17, 15) is 4.79 Å². The zero-order chi connectivity index (χ0) is 20.1. The Labute approximate surface area is 173 Å². The lowest BCUT2D eigenvalue weighted by molar-refractivity contribution is -0.113. The zero-order valence-electron chi connectivity index (χ0n) is 16.5. The second kappa shape index (κ2) is 9.29. The number of rotatable bonds is 8. The SMILES string of the molecule is CCn1c(SCC(=O)Nc2nnc(CC(C)C)s2)nnc1-c1cccc(C)c1. The monoisotopic (exact) mass is 416 g/mol. The molecule has 2 heterocycles. The van der Waals surface area contributed by atoms with Gasteiger partial charge in [0.2, 0.25) is 11.0 Å². The van der Waals surface area contributed by atoms with E-state index in [1.54, 1.807) is 0 Å². The van der Waals surface area contributed by atoms with E-state index >= 15 is 0 Å². The van der Waals surface area contributed by atoms with Crippen molar-refractivity contribution in [3.8, 4) is 11.4 Å². The molecular formula is C19H24N6OS2. The molecule has 1 aromatic carbocycles. The number of hydrogen-bond acceptors (Lipinski definition) is 7. The summed E-state index contributed by atoms with van der Waals surface area (Å²) in [6.45, 7) is 9.09. The van der Waals surface area contributed by atoms with Crippen molar-refractivity contribution >= 4 is 34.1 Å². The van der Waals surface area contributed by atoms with Gasteiger partial charge in [-0.05, 0) is 25.8 Å². The van der Waals surface area contributed by atoms with Crippen molar-refractivity contribution in [1.82, 2.24) is 25.0 Å². The van der Waals surface area contributed by atoms with Crippen LogP contribution in [0.3, 0.4) is 0 Å². The number of carbonyl (C=O) groups is 1. The van der Waals surface area contributed by atoms with Crippen molar-refractivity contribution in [1.29, 1.82) is 0 Å². The molecule has 148 valence electrons. The minimum atomic E-state index is -0.125. The molecule has 2 aromatic heterocycles. The average molecular weight is 417 g/mol. The molecule has 1 amide bonds. The average Bonchev–Trinajstić information content (AvgIpc) is 3.25. The van der Waals surface area contributed by atoms with Crippen LogP contribution in [-0.4, -0.2) is 36.6 Å². The summed E-state index contributed by atoms with van der Waals surface area (Å²) in [6.07, 6.45) is 0.865. The number of hydrogen-bond donors (Lipinski definition) is 1. The Hall–Kier alpha value is -2.26. The molecule has 0 spiro atoms. The summed E-state index contributed by atoms with van der Waals surface area (Å²) in [4.78, 5) is 12.3. The minimum Gasteiger partial charge on any atom is -0.302 e. The highest BCUT2D eigenvalue weighted by molar-refractivity contribution is 7.99. The maximum Gasteiger partial charge on any atom is 0.236 e. The van der Waals surface area contributed by atoms with Crippen LogP contribution >= 0.6 is 23.1 Å². The highest BCUT2D eigenvalue weighted by atomic mass is 32.2. The van der Waals surface area contributed by atoms with Crippen LogP contribution in [0.1, 0.15) is 31.3 Å². The first kappa shape index (κ1) is 20.5. The highest BCUT2D eigenvalue weighted by Gasteiger charge is 2.15. The van der Waals surface area contributed by atoms with E-state index in [2.05, 4.69) is 58.6 Å². The van der Waals surface area contributed by atoms with Gasteiger partial charge in [-0.15, -0.1) is 20.4 Å². The van der Waals surface area contributed by atoms with E-state index < -0.39 is 0 Å². The Morgan fingerprint density at radius 3 is 2.79 bits per heavy atom. The lowest BCUT2D eigenvalue weighted by atomic mass is 10.1. The van der Waals surface area contributed by atoms with Gasteiger partial charge in [0.25, 0.3) is 0 Å². The fourth-order valence-electron chi connectivity index (χ4n) is 2.70. The third-order valence-electron chi connectivity index (χ3n) is 3.94. The van der Waals surface area contributed by atoms with Crippen molar-refractivity contribution in [2.24, 2.45) is 5.92 Å². The van der Waals surface area contributed by atoms with Crippen molar-refractivity contribution in [2.75, 3.05) is 11.1 Å².